The van der Waals surface area contributed by atoms with Crippen LogP contribution >= 0.6 is 15.9 Å². The third-order valence-corrected chi connectivity index (χ3v) is 3.35. The van der Waals surface area contributed by atoms with Crippen molar-refractivity contribution in [2.75, 3.05) is 12.4 Å². The average molecular weight is 366 g/mol. The Morgan fingerprint density at radius 2 is 1.95 bits per heavy atom. The van der Waals surface area contributed by atoms with Crippen LogP contribution in [0.4, 0.5) is 10.6 Å². The molecule has 1 amide bonds. The third-order valence-electron chi connectivity index (χ3n) is 2.60. The predicted molar refractivity (Wildman–Crippen MR) is 81.3 cm³/mol. The number of halogens is 1. The Labute approximate surface area is 134 Å². The molecule has 0 atom stereocenters. The second-order valence-corrected chi connectivity index (χ2v) is 4.86. The first kappa shape index (κ1) is 15.9. The van der Waals surface area contributed by atoms with Crippen LogP contribution in [0.15, 0.2) is 41.1 Å². The molecule has 1 N–H and O–H groups in total. The number of esters is 1. The fourth-order valence-electron chi connectivity index (χ4n) is 1.55. The Bertz CT molecular complexity index is 679. The largest absolute Gasteiger partial charge is 0.464 e. The number of amides is 1. The Balaban J connectivity index is 2.01. The molecule has 0 bridgehead atoms. The summed E-state index contributed by atoms with van der Waals surface area (Å²) in [6.45, 7) is 0.124. The number of nitrogens with one attached hydrogen (secondary N) is 1. The number of methoxy groups -OCH3 is 1. The molecule has 1 heterocycles. The van der Waals surface area contributed by atoms with Crippen molar-refractivity contribution in [3.63, 3.8) is 0 Å². The summed E-state index contributed by atoms with van der Waals surface area (Å²) in [5.41, 5.74) is 0.866. The summed E-state index contributed by atoms with van der Waals surface area (Å²) in [5, 5.41) is 2.43. The van der Waals surface area contributed by atoms with Gasteiger partial charge in [0, 0.05) is 0 Å². The molecular weight excluding hydrogens is 354 g/mol. The zero-order valence-corrected chi connectivity index (χ0v) is 13.2. The van der Waals surface area contributed by atoms with Crippen LogP contribution < -0.4 is 5.32 Å². The first-order valence-electron chi connectivity index (χ1n) is 6.18. The second-order valence-electron chi connectivity index (χ2n) is 4.06. The summed E-state index contributed by atoms with van der Waals surface area (Å²) in [6.07, 6.45) is 0.447. The lowest BCUT2D eigenvalue weighted by atomic mass is 10.2. The fourth-order valence-corrected chi connectivity index (χ4v) is 2.02. The van der Waals surface area contributed by atoms with Crippen LogP contribution in [0.25, 0.3) is 0 Å². The highest BCUT2D eigenvalue weighted by molar-refractivity contribution is 9.10. The van der Waals surface area contributed by atoms with Gasteiger partial charge in [-0.3, -0.25) is 5.32 Å². The van der Waals surface area contributed by atoms with Crippen molar-refractivity contribution in [2.24, 2.45) is 0 Å². The lowest BCUT2D eigenvalue weighted by molar-refractivity contribution is 0.0592. The highest BCUT2D eigenvalue weighted by Crippen LogP contribution is 2.23. The Morgan fingerprint density at radius 3 is 2.64 bits per heavy atom. The van der Waals surface area contributed by atoms with Crippen molar-refractivity contribution in [3.05, 3.63) is 52.4 Å². The number of ether oxygens (including phenoxy) is 2. The van der Waals surface area contributed by atoms with E-state index in [0.29, 0.717) is 0 Å². The number of carbonyl (C=O) groups is 2. The smallest absolute Gasteiger partial charge is 0.413 e. The van der Waals surface area contributed by atoms with E-state index in [2.05, 4.69) is 36.0 Å². The van der Waals surface area contributed by atoms with Gasteiger partial charge in [-0.25, -0.2) is 19.6 Å². The van der Waals surface area contributed by atoms with E-state index in [1.54, 1.807) is 0 Å². The summed E-state index contributed by atoms with van der Waals surface area (Å²) in [5.74, 6) is -0.525. The second kappa shape index (κ2) is 7.51. The Hall–Kier alpha value is -2.48. The van der Waals surface area contributed by atoms with E-state index in [1.165, 1.54) is 7.11 Å². The maximum atomic E-state index is 11.8. The van der Waals surface area contributed by atoms with E-state index in [9.17, 15) is 9.59 Å². The molecule has 2 aromatic rings. The molecule has 0 aliphatic rings. The molecule has 0 aliphatic heterocycles. The number of hydrogen-bond donors (Lipinski definition) is 1. The minimum absolute atomic E-state index is 0.0101. The van der Waals surface area contributed by atoms with Crippen molar-refractivity contribution in [1.82, 2.24) is 9.97 Å². The highest BCUT2D eigenvalue weighted by atomic mass is 79.9. The van der Waals surface area contributed by atoms with Crippen LogP contribution in [-0.4, -0.2) is 29.1 Å². The predicted octanol–water partition coefficient (Wildman–Crippen LogP) is 2.77. The summed E-state index contributed by atoms with van der Waals surface area (Å²) >= 11 is 3.15. The lowest BCUT2D eigenvalue weighted by Gasteiger charge is -2.09. The van der Waals surface area contributed by atoms with Gasteiger partial charge in [-0.15, -0.1) is 0 Å². The highest BCUT2D eigenvalue weighted by Gasteiger charge is 2.18. The number of aromatic nitrogens is 2. The maximum Gasteiger partial charge on any atom is 0.413 e. The molecule has 1 aromatic heterocycles. The molecule has 8 heteroatoms. The van der Waals surface area contributed by atoms with E-state index < -0.39 is 12.1 Å². The van der Waals surface area contributed by atoms with Crippen molar-refractivity contribution in [3.8, 4) is 0 Å². The van der Waals surface area contributed by atoms with E-state index in [0.717, 1.165) is 11.9 Å². The molecule has 114 valence electrons. The van der Waals surface area contributed by atoms with Crippen LogP contribution in [-0.2, 0) is 16.1 Å². The van der Waals surface area contributed by atoms with E-state index in [-0.39, 0.29) is 22.6 Å². The molecule has 0 saturated heterocycles. The monoisotopic (exact) mass is 365 g/mol. The van der Waals surface area contributed by atoms with Crippen LogP contribution in [0, 0.1) is 0 Å². The fraction of sp³-hybridized carbons (Fsp3) is 0.143. The first-order chi connectivity index (χ1) is 10.6. The third kappa shape index (κ3) is 4.01. The normalized spacial score (nSPS) is 9.91. The van der Waals surface area contributed by atoms with Gasteiger partial charge in [0.2, 0.25) is 0 Å². The van der Waals surface area contributed by atoms with Crippen LogP contribution in [0.2, 0.25) is 0 Å². The topological polar surface area (TPSA) is 90.4 Å². The standard InChI is InChI=1S/C14H12BrN3O4/c1-21-13(19)11-10(15)12(17-8-16-11)18-14(20)22-7-9-5-3-2-4-6-9/h2-6,8H,7H2,1H3,(H,16,17,18,20). The van der Waals surface area contributed by atoms with E-state index >= 15 is 0 Å². The van der Waals surface area contributed by atoms with Gasteiger partial charge in [-0.2, -0.15) is 0 Å². The van der Waals surface area contributed by atoms with Gasteiger partial charge in [0.15, 0.2) is 11.5 Å². The summed E-state index contributed by atoms with van der Waals surface area (Å²) in [4.78, 5) is 30.9. The van der Waals surface area contributed by atoms with Crippen molar-refractivity contribution < 1.29 is 19.1 Å². The van der Waals surface area contributed by atoms with Gasteiger partial charge in [0.05, 0.1) is 11.6 Å². The van der Waals surface area contributed by atoms with Gasteiger partial charge >= 0.3 is 12.1 Å². The average Bonchev–Trinajstić information content (AvgIpc) is 2.55. The van der Waals surface area contributed by atoms with Gasteiger partial charge in [0.25, 0.3) is 0 Å². The molecule has 22 heavy (non-hydrogen) atoms. The quantitative estimate of drug-likeness (QED) is 0.837. The summed E-state index contributed by atoms with van der Waals surface area (Å²) in [6, 6.07) is 9.24. The first-order valence-corrected chi connectivity index (χ1v) is 6.97. The Morgan fingerprint density at radius 1 is 1.23 bits per heavy atom. The zero-order valence-electron chi connectivity index (χ0n) is 11.6. The minimum Gasteiger partial charge on any atom is -0.464 e. The SMILES string of the molecule is COC(=O)c1ncnc(NC(=O)OCc2ccccc2)c1Br. The zero-order chi connectivity index (χ0) is 15.9. The molecule has 0 saturated carbocycles. The lowest BCUT2D eigenvalue weighted by Crippen LogP contribution is -2.16. The minimum atomic E-state index is -0.695. The van der Waals surface area contributed by atoms with Gasteiger partial charge in [-0.1, -0.05) is 30.3 Å². The number of benzene rings is 1. The molecule has 7 nitrogen and oxygen atoms in total. The Kier molecular flexibility index (Phi) is 5.42. The summed E-state index contributed by atoms with van der Waals surface area (Å²) in [7, 11) is 1.23. The van der Waals surface area contributed by atoms with Crippen LogP contribution in [0.1, 0.15) is 16.1 Å². The molecule has 0 fully saturated rings. The molecule has 1 aromatic carbocycles. The van der Waals surface area contributed by atoms with E-state index in [4.69, 9.17) is 4.74 Å². The van der Waals surface area contributed by atoms with Crippen LogP contribution in [0.3, 0.4) is 0 Å². The molecule has 0 aliphatic carbocycles. The maximum absolute atomic E-state index is 11.8. The number of carbonyl (C=O) groups excluding carboxylic acids is 2. The van der Waals surface area contributed by atoms with Gasteiger partial charge in [-0.05, 0) is 21.5 Å². The molecule has 2 rings (SSSR count). The number of anilines is 1. The number of nitrogens with zero attached hydrogens (tertiary/aromatic N) is 2. The number of rotatable bonds is 4. The van der Waals surface area contributed by atoms with Crippen molar-refractivity contribution in [2.45, 2.75) is 6.61 Å². The molecule has 0 unspecified atom stereocenters. The molecule has 0 radical (unpaired) electrons. The van der Waals surface area contributed by atoms with Gasteiger partial charge in [0.1, 0.15) is 12.9 Å². The number of hydrogen-bond acceptors (Lipinski definition) is 6. The van der Waals surface area contributed by atoms with E-state index in [1.807, 2.05) is 30.3 Å². The van der Waals surface area contributed by atoms with Crippen molar-refractivity contribution in [1.29, 1.82) is 0 Å². The summed E-state index contributed by atoms with van der Waals surface area (Å²) < 4.78 is 9.87. The van der Waals surface area contributed by atoms with Gasteiger partial charge < -0.3 is 9.47 Å². The van der Waals surface area contributed by atoms with Crippen molar-refractivity contribution >= 4 is 33.8 Å². The van der Waals surface area contributed by atoms with Crippen LogP contribution in [0.5, 0.6) is 0 Å². The molecular formula is C14H12BrN3O4. The molecule has 0 spiro atoms.